The fourth-order valence-corrected chi connectivity index (χ4v) is 7.47. The molecule has 0 spiro atoms. The summed E-state index contributed by atoms with van der Waals surface area (Å²) in [6.07, 6.45) is 0. The molecule has 0 amide bonds. The van der Waals surface area contributed by atoms with Crippen molar-refractivity contribution in [3.05, 3.63) is 0 Å². The van der Waals surface area contributed by atoms with Gasteiger partial charge in [0, 0.05) is 82.5 Å². The van der Waals surface area contributed by atoms with E-state index in [9.17, 15) is 13.2 Å². The van der Waals surface area contributed by atoms with Gasteiger partial charge < -0.3 is 85.3 Å². The second kappa shape index (κ2) is 29.8. The van der Waals surface area contributed by atoms with Crippen LogP contribution >= 0.6 is 23.5 Å². The number of rotatable bonds is 8. The van der Waals surface area contributed by atoms with E-state index < -0.39 is 15.6 Å². The van der Waals surface area contributed by atoms with Crippen LogP contribution in [0.15, 0.2) is 0 Å². The summed E-state index contributed by atoms with van der Waals surface area (Å²) in [5.74, 6) is 4.88. The maximum Gasteiger partial charge on any atom is 3.00 e. The average molecular weight is 951 g/mol. The molecule has 0 aliphatic carbocycles. The van der Waals surface area contributed by atoms with Crippen molar-refractivity contribution in [1.29, 1.82) is 0 Å². The van der Waals surface area contributed by atoms with E-state index in [4.69, 9.17) is 68.6 Å². The Morgan fingerprint density at radius 3 is 0.824 bits per heavy atom. The van der Waals surface area contributed by atoms with Gasteiger partial charge in [0.25, 0.3) is 0 Å². The molecule has 0 saturated carbocycles. The van der Waals surface area contributed by atoms with Gasteiger partial charge in [-0.25, -0.2) is 8.42 Å². The van der Waals surface area contributed by atoms with Crippen LogP contribution in [0, 0.1) is 0 Å². The summed E-state index contributed by atoms with van der Waals surface area (Å²) in [7, 11) is -5.09. The van der Waals surface area contributed by atoms with Gasteiger partial charge in [-0.2, -0.15) is 36.7 Å². The van der Waals surface area contributed by atoms with E-state index in [0.29, 0.717) is 0 Å². The van der Waals surface area contributed by atoms with E-state index in [-0.39, 0.29) is 58.6 Å². The third kappa shape index (κ3) is 40.6. The summed E-state index contributed by atoms with van der Waals surface area (Å²) >= 11 is 26.2. The Labute approximate surface area is 360 Å². The maximum atomic E-state index is 10.7. The van der Waals surface area contributed by atoms with Crippen LogP contribution in [0.5, 0.6) is 0 Å². The molecule has 0 unspecified atom stereocenters. The van der Waals surface area contributed by atoms with Gasteiger partial charge in [0.1, 0.15) is 0 Å². The van der Waals surface area contributed by atoms with Crippen LogP contribution in [0.4, 0.5) is 13.2 Å². The van der Waals surface area contributed by atoms with Gasteiger partial charge in [-0.3, -0.25) is 0 Å². The maximum absolute atomic E-state index is 10.7. The Morgan fingerprint density at radius 1 is 0.549 bits per heavy atom. The molecule has 310 valence electrons. The molecule has 9 nitrogen and oxygen atoms in total. The fraction of sp³-hybridized carbons (Fsp3) is 1.00. The third-order valence-corrected chi connectivity index (χ3v) is 9.34. The molecular weight excluding hydrogens is 890 g/mol. The largest absolute Gasteiger partial charge is 3.00 e. The Balaban J connectivity index is -0.000000210. The number of thioether (sulfide) groups is 2. The van der Waals surface area contributed by atoms with Crippen LogP contribution in [0.3, 0.4) is 0 Å². The first-order valence-electron chi connectivity index (χ1n) is 15.9. The van der Waals surface area contributed by atoms with E-state index >= 15 is 0 Å². The first-order chi connectivity index (χ1) is 21.6. The van der Waals surface area contributed by atoms with Crippen molar-refractivity contribution in [2.24, 2.45) is 0 Å². The molecule has 2 rings (SSSR count). The predicted octanol–water partition coefficient (Wildman–Crippen LogP) is 3.45. The van der Waals surface area contributed by atoms with Crippen LogP contribution < -0.4 is 0 Å². The molecule has 0 aromatic rings. The van der Waals surface area contributed by atoms with Gasteiger partial charge >= 0.3 is 39.6 Å². The van der Waals surface area contributed by atoms with Gasteiger partial charge in [0.2, 0.25) is 0 Å². The molecule has 0 bridgehead atoms. The molecule has 0 aromatic heterocycles. The number of aliphatic hydroxyl groups is 1. The van der Waals surface area contributed by atoms with Crippen molar-refractivity contribution in [1.82, 2.24) is 19.6 Å². The Bertz CT molecular complexity index is 851. The van der Waals surface area contributed by atoms with Crippen LogP contribution in [-0.2, 0) is 94.8 Å². The van der Waals surface area contributed by atoms with Crippen molar-refractivity contribution in [2.45, 2.75) is 79.9 Å². The summed E-state index contributed by atoms with van der Waals surface area (Å²) < 4.78 is 58.8. The Morgan fingerprint density at radius 2 is 0.706 bits per heavy atom. The van der Waals surface area contributed by atoms with Crippen molar-refractivity contribution in [3.8, 4) is 0 Å². The number of aliphatic hydroxyl groups excluding tert-OH is 1. The van der Waals surface area contributed by atoms with Crippen LogP contribution in [0.25, 0.3) is 0 Å². The van der Waals surface area contributed by atoms with Gasteiger partial charge in [-0.15, -0.1) is 19.0 Å². The third-order valence-electron chi connectivity index (χ3n) is 6.37. The standard InChI is InChI=1S/2C14H30N2S3.CHF3O3S.CH4O.2Fe.H2O/c2*1-13(2,17)11-15-5-6-16(12-14(3,4)18)8-10-19-9-7-15;2-1(3,4)8(5,6)7;1-2;;;/h2*17-18H,5-12H2,1-4H3;(H,5,6,7);2H,1H3;;;1H2/q;;;;2*+3;/p-6. The summed E-state index contributed by atoms with van der Waals surface area (Å²) in [4.78, 5) is 10.1. The van der Waals surface area contributed by atoms with Gasteiger partial charge in [0.15, 0.2) is 10.1 Å². The molecule has 0 aromatic carbocycles. The van der Waals surface area contributed by atoms with E-state index in [2.05, 4.69) is 98.5 Å². The molecule has 0 atom stereocenters. The van der Waals surface area contributed by atoms with E-state index in [1.165, 1.54) is 23.0 Å². The molecular formula is C30H61F3Fe2N4O5S7. The minimum Gasteiger partial charge on any atom is -0.870 e. The minimum atomic E-state index is -6.09. The second-order valence-corrected chi connectivity index (χ2v) is 22.5. The second-order valence-electron chi connectivity index (χ2n) is 14.3. The molecule has 2 aliphatic heterocycles. The zero-order valence-electron chi connectivity index (χ0n) is 31.4. The number of hydrogen-bond donors (Lipinski definition) is 1. The first-order valence-corrected chi connectivity index (χ1v) is 21.2. The Kier molecular flexibility index (Phi) is 36.6. The van der Waals surface area contributed by atoms with Gasteiger partial charge in [-0.05, 0) is 26.2 Å². The smallest absolute Gasteiger partial charge is 0.870 e. The predicted molar refractivity (Wildman–Crippen MR) is 212 cm³/mol. The minimum absolute atomic E-state index is 0. The van der Waals surface area contributed by atoms with Crippen molar-refractivity contribution >= 4 is 84.2 Å². The molecule has 2 radical (unpaired) electrons. The molecule has 2 heterocycles. The number of halogens is 3. The average Bonchev–Trinajstić information content (AvgIpc) is 3.03. The van der Waals surface area contributed by atoms with Crippen molar-refractivity contribution < 1.29 is 70.9 Å². The van der Waals surface area contributed by atoms with E-state index in [0.717, 1.165) is 85.6 Å². The van der Waals surface area contributed by atoms with Crippen molar-refractivity contribution in [3.63, 3.8) is 0 Å². The molecule has 2 saturated heterocycles. The monoisotopic (exact) mass is 950 g/mol. The summed E-state index contributed by atoms with van der Waals surface area (Å²) in [6, 6.07) is 0. The van der Waals surface area contributed by atoms with Crippen LogP contribution in [-0.4, -0.2) is 176 Å². The number of hydrogen-bond acceptors (Lipinski definition) is 15. The normalized spacial score (nSPS) is 18.5. The van der Waals surface area contributed by atoms with E-state index in [1.807, 2.05) is 0 Å². The van der Waals surface area contributed by atoms with Gasteiger partial charge in [0.05, 0.1) is 0 Å². The SMILES string of the molecule is CC(C)([S-])CN1CCSCCN(CC(C)(C)[S-])CC1.CC(C)([S-])CN1CCSCCN(CC(C)(C)[S-])CC1.CO.O=S(=O)([O-])C(F)(F)F.[Fe+3].[Fe+3].[OH-]. The molecule has 2 fully saturated rings. The number of alkyl halides is 3. The Hall–Kier alpha value is 2.60. The molecule has 21 heteroatoms. The molecule has 2 aliphatic rings. The molecule has 2 N–H and O–H groups in total. The zero-order chi connectivity index (χ0) is 38.0. The fourth-order valence-electron chi connectivity index (χ4n) is 4.78. The van der Waals surface area contributed by atoms with Gasteiger partial charge in [-0.1, -0.05) is 55.4 Å². The number of nitrogens with zero attached hydrogens (tertiary/aromatic N) is 4. The first kappa shape index (κ1) is 62.8. The summed E-state index contributed by atoms with van der Waals surface area (Å²) in [6.45, 7) is 30.3. The topological polar surface area (TPSA) is 120 Å². The summed E-state index contributed by atoms with van der Waals surface area (Å²) in [5.41, 5.74) is -5.65. The summed E-state index contributed by atoms with van der Waals surface area (Å²) in [5, 5.41) is 7.00. The van der Waals surface area contributed by atoms with Crippen LogP contribution in [0.1, 0.15) is 55.4 Å². The van der Waals surface area contributed by atoms with Crippen molar-refractivity contribution in [2.75, 3.05) is 109 Å². The quantitative estimate of drug-likeness (QED) is 0.166. The molecule has 51 heavy (non-hydrogen) atoms. The van der Waals surface area contributed by atoms with Crippen LogP contribution in [0.2, 0.25) is 0 Å². The van der Waals surface area contributed by atoms with E-state index in [1.54, 1.807) is 0 Å². The zero-order valence-corrected chi connectivity index (χ0v) is 39.3.